The molecule has 0 saturated heterocycles. The summed E-state index contributed by atoms with van der Waals surface area (Å²) in [5, 5.41) is 8.40. The van der Waals surface area contributed by atoms with E-state index in [0.29, 0.717) is 23.4 Å². The molecule has 2 amide bonds. The van der Waals surface area contributed by atoms with Gasteiger partial charge in [0.25, 0.3) is 5.91 Å². The Morgan fingerprint density at radius 1 is 1.00 bits per heavy atom. The number of unbranched alkanes of at least 4 members (excludes halogenated alkanes) is 2. The fourth-order valence-corrected chi connectivity index (χ4v) is 2.59. The van der Waals surface area contributed by atoms with Crippen LogP contribution >= 0.6 is 12.2 Å². The van der Waals surface area contributed by atoms with Crippen molar-refractivity contribution >= 4 is 40.5 Å². The van der Waals surface area contributed by atoms with Crippen molar-refractivity contribution in [2.45, 2.75) is 32.6 Å². The Balaban J connectivity index is 1.92. The number of anilines is 2. The smallest absolute Gasteiger partial charge is 0.255 e. The van der Waals surface area contributed by atoms with E-state index in [4.69, 9.17) is 12.2 Å². The van der Waals surface area contributed by atoms with E-state index in [1.807, 2.05) is 0 Å². The van der Waals surface area contributed by atoms with Crippen LogP contribution < -0.4 is 16.0 Å². The van der Waals surface area contributed by atoms with Crippen LogP contribution in [0.1, 0.15) is 43.0 Å². The van der Waals surface area contributed by atoms with Crippen molar-refractivity contribution in [3.8, 4) is 0 Å². The molecule has 0 saturated carbocycles. The number of hydrogen-bond acceptors (Lipinski definition) is 3. The molecule has 3 N–H and O–H groups in total. The zero-order chi connectivity index (χ0) is 19.6. The molecule has 0 aliphatic rings. The number of benzene rings is 2. The second kappa shape index (κ2) is 10.4. The molecule has 2 rings (SSSR count). The third-order valence-electron chi connectivity index (χ3n) is 3.75. The monoisotopic (exact) mass is 387 g/mol. The number of nitrogens with one attached hydrogen (secondary N) is 3. The van der Waals surface area contributed by atoms with Gasteiger partial charge in [0, 0.05) is 23.4 Å². The van der Waals surface area contributed by atoms with Gasteiger partial charge < -0.3 is 16.0 Å². The maximum Gasteiger partial charge on any atom is 0.255 e. The minimum atomic E-state index is -0.371. The second-order valence-corrected chi connectivity index (χ2v) is 6.41. The van der Waals surface area contributed by atoms with Gasteiger partial charge in [0.15, 0.2) is 5.11 Å². The Bertz CT molecular complexity index is 809. The summed E-state index contributed by atoms with van der Waals surface area (Å²) in [5.41, 5.74) is 1.48. The number of thiocarbonyl (C=S) groups is 1. The third-order valence-corrected chi connectivity index (χ3v) is 3.95. The van der Waals surface area contributed by atoms with Gasteiger partial charge >= 0.3 is 0 Å². The predicted molar refractivity (Wildman–Crippen MR) is 109 cm³/mol. The van der Waals surface area contributed by atoms with Crippen molar-refractivity contribution in [2.75, 3.05) is 10.6 Å². The van der Waals surface area contributed by atoms with Crippen LogP contribution in [0.15, 0.2) is 48.5 Å². The number of hydrogen-bond donors (Lipinski definition) is 3. The summed E-state index contributed by atoms with van der Waals surface area (Å²) in [5.74, 6) is -0.838. The average Bonchev–Trinajstić information content (AvgIpc) is 2.64. The molecule has 7 heteroatoms. The maximum absolute atomic E-state index is 12.9. The predicted octanol–water partition coefficient (Wildman–Crippen LogP) is 4.47. The molecular formula is C20H22FN3O2S. The van der Waals surface area contributed by atoms with Crippen molar-refractivity contribution in [1.82, 2.24) is 5.32 Å². The van der Waals surface area contributed by atoms with Crippen molar-refractivity contribution in [2.24, 2.45) is 0 Å². The van der Waals surface area contributed by atoms with Gasteiger partial charge in [0.05, 0.1) is 0 Å². The Labute approximate surface area is 163 Å². The molecule has 0 unspecified atom stereocenters. The Morgan fingerprint density at radius 2 is 1.74 bits per heavy atom. The largest absolute Gasteiger partial charge is 0.332 e. The van der Waals surface area contributed by atoms with Crippen molar-refractivity contribution in [3.05, 3.63) is 59.9 Å². The van der Waals surface area contributed by atoms with Gasteiger partial charge in [-0.15, -0.1) is 0 Å². The summed E-state index contributed by atoms with van der Waals surface area (Å²) in [7, 11) is 0. The van der Waals surface area contributed by atoms with E-state index in [-0.39, 0.29) is 22.7 Å². The van der Waals surface area contributed by atoms with Gasteiger partial charge in [-0.25, -0.2) is 4.39 Å². The average molecular weight is 387 g/mol. The summed E-state index contributed by atoms with van der Waals surface area (Å²) < 4.78 is 12.9. The molecule has 5 nitrogen and oxygen atoms in total. The number of rotatable bonds is 7. The first kappa shape index (κ1) is 20.5. The first-order chi connectivity index (χ1) is 13.0. The van der Waals surface area contributed by atoms with Gasteiger partial charge in [-0.05, 0) is 61.1 Å². The highest BCUT2D eigenvalue weighted by molar-refractivity contribution is 7.80. The van der Waals surface area contributed by atoms with E-state index >= 15 is 0 Å². The Hall–Kier alpha value is -2.80. The van der Waals surface area contributed by atoms with Crippen LogP contribution in [0, 0.1) is 5.82 Å². The first-order valence-corrected chi connectivity index (χ1v) is 9.16. The molecule has 0 aliphatic heterocycles. The van der Waals surface area contributed by atoms with Crippen LogP contribution in [0.3, 0.4) is 0 Å². The third kappa shape index (κ3) is 7.15. The van der Waals surface area contributed by atoms with Gasteiger partial charge in [-0.2, -0.15) is 0 Å². The molecule has 0 fully saturated rings. The highest BCUT2D eigenvalue weighted by Crippen LogP contribution is 2.14. The quantitative estimate of drug-likeness (QED) is 0.484. The van der Waals surface area contributed by atoms with E-state index in [2.05, 4.69) is 22.9 Å². The fourth-order valence-electron chi connectivity index (χ4n) is 2.36. The standard InChI is InChI=1S/C20H22FN3O2S/c1-2-3-4-8-18(25)24-20(27)23-17-7-5-6-14(13-17)19(26)22-16-11-9-15(21)10-12-16/h5-7,9-13H,2-4,8H2,1H3,(H,22,26)(H2,23,24,25,27). The van der Waals surface area contributed by atoms with E-state index in [9.17, 15) is 14.0 Å². The first-order valence-electron chi connectivity index (χ1n) is 8.75. The SMILES string of the molecule is CCCCCC(=O)NC(=S)Nc1cccc(C(=O)Nc2ccc(F)cc2)c1. The van der Waals surface area contributed by atoms with Crippen LogP contribution in [-0.4, -0.2) is 16.9 Å². The van der Waals surface area contributed by atoms with Gasteiger partial charge in [-0.1, -0.05) is 25.8 Å². The summed E-state index contributed by atoms with van der Waals surface area (Å²) in [4.78, 5) is 24.1. The summed E-state index contributed by atoms with van der Waals surface area (Å²) in [6.45, 7) is 2.07. The molecule has 0 spiro atoms. The van der Waals surface area contributed by atoms with Gasteiger partial charge in [0.2, 0.25) is 5.91 Å². The lowest BCUT2D eigenvalue weighted by Crippen LogP contribution is -2.33. The lowest BCUT2D eigenvalue weighted by atomic mass is 10.2. The minimum absolute atomic E-state index is 0.133. The van der Waals surface area contributed by atoms with Crippen LogP contribution in [-0.2, 0) is 4.79 Å². The fraction of sp³-hybridized carbons (Fsp3) is 0.250. The van der Waals surface area contributed by atoms with Crippen LogP contribution in [0.25, 0.3) is 0 Å². The molecule has 0 aromatic heterocycles. The molecule has 2 aromatic carbocycles. The summed E-state index contributed by atoms with van der Waals surface area (Å²) >= 11 is 5.14. The molecule has 0 atom stereocenters. The molecule has 142 valence electrons. The molecule has 0 bridgehead atoms. The molecule has 2 aromatic rings. The number of carbonyl (C=O) groups is 2. The van der Waals surface area contributed by atoms with Crippen LogP contribution in [0.5, 0.6) is 0 Å². The molecule has 27 heavy (non-hydrogen) atoms. The number of amides is 2. The van der Waals surface area contributed by atoms with E-state index in [1.54, 1.807) is 24.3 Å². The highest BCUT2D eigenvalue weighted by atomic mass is 32.1. The van der Waals surface area contributed by atoms with Crippen molar-refractivity contribution in [1.29, 1.82) is 0 Å². The number of carbonyl (C=O) groups excluding carboxylic acids is 2. The lowest BCUT2D eigenvalue weighted by molar-refractivity contribution is -0.119. The molecule has 0 radical (unpaired) electrons. The van der Waals surface area contributed by atoms with Crippen LogP contribution in [0.4, 0.5) is 15.8 Å². The topological polar surface area (TPSA) is 70.2 Å². The van der Waals surface area contributed by atoms with Gasteiger partial charge in [-0.3, -0.25) is 9.59 Å². The highest BCUT2D eigenvalue weighted by Gasteiger charge is 2.09. The van der Waals surface area contributed by atoms with Crippen LogP contribution in [0.2, 0.25) is 0 Å². The van der Waals surface area contributed by atoms with Crippen molar-refractivity contribution in [3.63, 3.8) is 0 Å². The maximum atomic E-state index is 12.9. The summed E-state index contributed by atoms with van der Waals surface area (Å²) in [6.07, 6.45) is 3.29. The second-order valence-electron chi connectivity index (χ2n) is 6.00. The summed E-state index contributed by atoms with van der Waals surface area (Å²) in [6, 6.07) is 12.2. The molecule has 0 heterocycles. The molecular weight excluding hydrogens is 365 g/mol. The Kier molecular flexibility index (Phi) is 7.88. The van der Waals surface area contributed by atoms with Crippen molar-refractivity contribution < 1.29 is 14.0 Å². The molecule has 0 aliphatic carbocycles. The van der Waals surface area contributed by atoms with E-state index < -0.39 is 0 Å². The Morgan fingerprint density at radius 3 is 2.44 bits per heavy atom. The lowest BCUT2D eigenvalue weighted by Gasteiger charge is -2.11. The van der Waals surface area contributed by atoms with E-state index in [0.717, 1.165) is 19.3 Å². The van der Waals surface area contributed by atoms with Gasteiger partial charge in [0.1, 0.15) is 5.82 Å². The van der Waals surface area contributed by atoms with E-state index in [1.165, 1.54) is 24.3 Å². The zero-order valence-electron chi connectivity index (χ0n) is 15.0. The number of halogens is 1. The normalized spacial score (nSPS) is 10.1. The minimum Gasteiger partial charge on any atom is -0.332 e. The zero-order valence-corrected chi connectivity index (χ0v) is 15.9.